The van der Waals surface area contributed by atoms with Crippen LogP contribution in [0.4, 0.5) is 0 Å². The maximum atomic E-state index is 2.35. The first-order valence-electron chi connectivity index (χ1n) is 9.36. The number of thioether (sulfide) groups is 1. The molecule has 1 aliphatic rings. The van der Waals surface area contributed by atoms with Gasteiger partial charge in [0.2, 0.25) is 0 Å². The number of aryl methyl sites for hydroxylation is 1. The molecule has 1 unspecified atom stereocenters. The largest absolute Gasteiger partial charge is 0.344 e. The number of aromatic nitrogens is 1. The molecule has 27 heavy (non-hydrogen) atoms. The summed E-state index contributed by atoms with van der Waals surface area (Å²) in [4.78, 5) is 1.41. The molecule has 0 radical (unpaired) electrons. The fraction of sp³-hybridized carbons (Fsp3) is 0.120. The lowest BCUT2D eigenvalue weighted by Gasteiger charge is -2.10. The molecule has 4 aromatic rings. The average molecular weight is 368 g/mol. The highest BCUT2D eigenvalue weighted by molar-refractivity contribution is 8.09. The van der Waals surface area contributed by atoms with E-state index in [0.717, 1.165) is 6.42 Å². The number of fused-ring (bicyclic) bond motifs is 1. The number of para-hydroxylation sites is 1. The number of nitrogens with zero attached hydrogens (tertiary/aromatic N) is 1. The monoisotopic (exact) mass is 367 g/mol. The summed E-state index contributed by atoms with van der Waals surface area (Å²) < 4.78 is 2.35. The lowest BCUT2D eigenvalue weighted by atomic mass is 9.99. The van der Waals surface area contributed by atoms with Gasteiger partial charge in [0, 0.05) is 33.8 Å². The van der Waals surface area contributed by atoms with Crippen LogP contribution in [0.2, 0.25) is 0 Å². The van der Waals surface area contributed by atoms with Crippen molar-refractivity contribution in [3.8, 4) is 0 Å². The van der Waals surface area contributed by atoms with Crippen molar-refractivity contribution in [1.82, 2.24) is 4.57 Å². The standard InChI is InChI=1S/C25H21NS/c1-26-22-15-9-8-14-20(22)16-23(26)21-17-24(18-10-4-2-5-11-18)27-25(21)19-12-6-3-7-13-19/h2-16,24H,17H2,1H3. The Balaban J connectivity index is 1.66. The zero-order valence-electron chi connectivity index (χ0n) is 15.3. The average Bonchev–Trinajstić information content (AvgIpc) is 3.31. The molecule has 1 nitrogen and oxygen atoms in total. The minimum absolute atomic E-state index is 0.467. The van der Waals surface area contributed by atoms with Crippen molar-refractivity contribution in [2.45, 2.75) is 11.7 Å². The third-order valence-electron chi connectivity index (χ3n) is 5.39. The highest BCUT2D eigenvalue weighted by Crippen LogP contribution is 2.55. The number of hydrogen-bond donors (Lipinski definition) is 0. The third kappa shape index (κ3) is 2.90. The second-order valence-corrected chi connectivity index (χ2v) is 8.26. The molecule has 0 saturated heterocycles. The molecule has 0 N–H and O–H groups in total. The molecule has 2 heteroatoms. The Hall–Kier alpha value is -2.71. The van der Waals surface area contributed by atoms with Crippen LogP contribution in [0.3, 0.4) is 0 Å². The van der Waals surface area contributed by atoms with Crippen LogP contribution >= 0.6 is 11.8 Å². The molecule has 1 aromatic heterocycles. The van der Waals surface area contributed by atoms with Gasteiger partial charge in [-0.1, -0.05) is 78.9 Å². The van der Waals surface area contributed by atoms with Gasteiger partial charge in [0.05, 0.1) is 0 Å². The molecule has 1 aliphatic heterocycles. The molecule has 0 amide bonds. The highest BCUT2D eigenvalue weighted by atomic mass is 32.2. The lowest BCUT2D eigenvalue weighted by Crippen LogP contribution is -1.96. The summed E-state index contributed by atoms with van der Waals surface area (Å²) in [6, 6.07) is 32.7. The molecule has 5 rings (SSSR count). The molecular formula is C25H21NS. The van der Waals surface area contributed by atoms with Gasteiger partial charge < -0.3 is 4.57 Å². The van der Waals surface area contributed by atoms with Crippen LogP contribution in [0.1, 0.15) is 28.5 Å². The van der Waals surface area contributed by atoms with Gasteiger partial charge in [0.25, 0.3) is 0 Å². The summed E-state index contributed by atoms with van der Waals surface area (Å²) in [5.74, 6) is 0. The summed E-state index contributed by atoms with van der Waals surface area (Å²) in [5.41, 5.74) is 6.81. The van der Waals surface area contributed by atoms with E-state index in [1.54, 1.807) is 0 Å². The van der Waals surface area contributed by atoms with Crippen molar-refractivity contribution in [2.24, 2.45) is 7.05 Å². The Morgan fingerprint density at radius 3 is 2.22 bits per heavy atom. The number of rotatable bonds is 3. The molecule has 0 spiro atoms. The lowest BCUT2D eigenvalue weighted by molar-refractivity contribution is 0.920. The van der Waals surface area contributed by atoms with Crippen molar-refractivity contribution >= 4 is 33.1 Å². The highest BCUT2D eigenvalue weighted by Gasteiger charge is 2.29. The van der Waals surface area contributed by atoms with E-state index >= 15 is 0 Å². The van der Waals surface area contributed by atoms with Gasteiger partial charge in [-0.2, -0.15) is 0 Å². The van der Waals surface area contributed by atoms with Crippen LogP contribution < -0.4 is 0 Å². The first-order chi connectivity index (χ1) is 13.3. The Morgan fingerprint density at radius 2 is 1.48 bits per heavy atom. The van der Waals surface area contributed by atoms with E-state index < -0.39 is 0 Å². The summed E-state index contributed by atoms with van der Waals surface area (Å²) in [6.45, 7) is 0. The predicted octanol–water partition coefficient (Wildman–Crippen LogP) is 6.92. The minimum atomic E-state index is 0.467. The van der Waals surface area contributed by atoms with Gasteiger partial charge in [0.15, 0.2) is 0 Å². The Labute approximate surface area is 164 Å². The van der Waals surface area contributed by atoms with E-state index in [1.165, 1.54) is 38.2 Å². The topological polar surface area (TPSA) is 4.93 Å². The van der Waals surface area contributed by atoms with Gasteiger partial charge in [0.1, 0.15) is 0 Å². The smallest absolute Gasteiger partial charge is 0.0482 e. The van der Waals surface area contributed by atoms with E-state index in [9.17, 15) is 0 Å². The maximum absolute atomic E-state index is 2.35. The zero-order chi connectivity index (χ0) is 18.2. The Kier molecular flexibility index (Phi) is 4.14. The molecule has 0 aliphatic carbocycles. The van der Waals surface area contributed by atoms with E-state index in [0.29, 0.717) is 5.25 Å². The molecule has 1 atom stereocenters. The van der Waals surface area contributed by atoms with Gasteiger partial charge in [-0.25, -0.2) is 0 Å². The SMILES string of the molecule is Cn1c(C2=C(c3ccccc3)SC(c3ccccc3)C2)cc2ccccc21. The van der Waals surface area contributed by atoms with Crippen molar-refractivity contribution < 1.29 is 0 Å². The first-order valence-corrected chi connectivity index (χ1v) is 10.2. The molecule has 3 aromatic carbocycles. The predicted molar refractivity (Wildman–Crippen MR) is 118 cm³/mol. The summed E-state index contributed by atoms with van der Waals surface area (Å²) in [7, 11) is 2.19. The van der Waals surface area contributed by atoms with E-state index in [4.69, 9.17) is 0 Å². The fourth-order valence-corrected chi connectivity index (χ4v) is 5.45. The van der Waals surface area contributed by atoms with Gasteiger partial charge in [-0.3, -0.25) is 0 Å². The second kappa shape index (κ2) is 6.79. The number of allylic oxidation sites excluding steroid dienone is 1. The zero-order valence-corrected chi connectivity index (χ0v) is 16.1. The van der Waals surface area contributed by atoms with Crippen LogP contribution in [0.25, 0.3) is 21.4 Å². The summed E-state index contributed by atoms with van der Waals surface area (Å²) in [6.07, 6.45) is 1.06. The van der Waals surface area contributed by atoms with Gasteiger partial charge in [-0.05, 0) is 35.3 Å². The fourth-order valence-electron chi connectivity index (χ4n) is 4.02. The molecule has 0 bridgehead atoms. The first kappa shape index (κ1) is 16.5. The summed E-state index contributed by atoms with van der Waals surface area (Å²) >= 11 is 2.00. The summed E-state index contributed by atoms with van der Waals surface area (Å²) in [5, 5.41) is 1.78. The normalized spacial score (nSPS) is 17.0. The Bertz CT molecular complexity index is 1120. The van der Waals surface area contributed by atoms with Crippen LogP contribution in [0.5, 0.6) is 0 Å². The van der Waals surface area contributed by atoms with E-state index in [2.05, 4.69) is 103 Å². The van der Waals surface area contributed by atoms with Gasteiger partial charge in [-0.15, -0.1) is 11.8 Å². The van der Waals surface area contributed by atoms with Crippen LogP contribution in [-0.4, -0.2) is 4.57 Å². The van der Waals surface area contributed by atoms with Crippen molar-refractivity contribution in [1.29, 1.82) is 0 Å². The van der Waals surface area contributed by atoms with Crippen molar-refractivity contribution in [3.63, 3.8) is 0 Å². The number of benzene rings is 3. The van der Waals surface area contributed by atoms with Crippen molar-refractivity contribution in [2.75, 3.05) is 0 Å². The molecule has 132 valence electrons. The molecule has 0 fully saturated rings. The molecule has 0 saturated carbocycles. The van der Waals surface area contributed by atoms with E-state index in [1.807, 2.05) is 11.8 Å². The van der Waals surface area contributed by atoms with Crippen LogP contribution in [-0.2, 0) is 7.05 Å². The minimum Gasteiger partial charge on any atom is -0.344 e. The molecular weight excluding hydrogens is 346 g/mol. The van der Waals surface area contributed by atoms with Gasteiger partial charge >= 0.3 is 0 Å². The Morgan fingerprint density at radius 1 is 0.815 bits per heavy atom. The van der Waals surface area contributed by atoms with E-state index in [-0.39, 0.29) is 0 Å². The van der Waals surface area contributed by atoms with Crippen LogP contribution in [0, 0.1) is 0 Å². The number of hydrogen-bond acceptors (Lipinski definition) is 1. The quantitative estimate of drug-likeness (QED) is 0.380. The maximum Gasteiger partial charge on any atom is 0.0482 e. The van der Waals surface area contributed by atoms with Crippen LogP contribution in [0.15, 0.2) is 91.0 Å². The molecule has 2 heterocycles. The van der Waals surface area contributed by atoms with Crippen molar-refractivity contribution in [3.05, 3.63) is 108 Å². The second-order valence-electron chi connectivity index (χ2n) is 7.04. The third-order valence-corrected chi connectivity index (χ3v) is 6.83.